The molecule has 0 heterocycles. The summed E-state index contributed by atoms with van der Waals surface area (Å²) in [5, 5.41) is -0.0689. The molecule has 1 N–H and O–H groups in total. The molecule has 5 heteroatoms. The lowest BCUT2D eigenvalue weighted by Crippen LogP contribution is -2.31. The third-order valence-electron chi connectivity index (χ3n) is 2.83. The van der Waals surface area contributed by atoms with Crippen molar-refractivity contribution in [1.82, 2.24) is 4.72 Å². The van der Waals surface area contributed by atoms with Crippen LogP contribution in [0.4, 0.5) is 0 Å². The third-order valence-corrected chi connectivity index (χ3v) is 4.66. The molecule has 0 bridgehead atoms. The molecule has 0 saturated heterocycles. The van der Waals surface area contributed by atoms with Gasteiger partial charge in [-0.3, -0.25) is 0 Å². The van der Waals surface area contributed by atoms with Crippen molar-refractivity contribution in [2.45, 2.75) is 24.0 Å². The minimum Gasteiger partial charge on any atom is -0.213 e. The van der Waals surface area contributed by atoms with E-state index in [9.17, 15) is 8.42 Å². The van der Waals surface area contributed by atoms with Crippen LogP contribution in [0.15, 0.2) is 30.3 Å². The molecule has 0 amide bonds. The second kappa shape index (κ2) is 5.38. The summed E-state index contributed by atoms with van der Waals surface area (Å²) in [5.74, 6) is 0.512. The molecule has 1 aliphatic rings. The molecule has 1 aromatic rings. The molecule has 0 aliphatic heterocycles. The van der Waals surface area contributed by atoms with Crippen molar-refractivity contribution in [3.63, 3.8) is 0 Å². The molecule has 1 aromatic carbocycles. The average Bonchev–Trinajstić information content (AvgIpc) is 3.10. The number of hydrogen-bond donors (Lipinski definition) is 1. The van der Waals surface area contributed by atoms with Crippen LogP contribution in [0, 0.1) is 5.92 Å². The molecule has 1 fully saturated rings. The normalized spacial score (nSPS) is 17.9. The van der Waals surface area contributed by atoms with Crippen LogP contribution in [0.1, 0.15) is 18.4 Å². The number of rotatable bonds is 6. The number of nitrogens with one attached hydrogen (secondary N) is 1. The third kappa shape index (κ3) is 4.30. The second-order valence-corrected chi connectivity index (χ2v) is 6.81. The first kappa shape index (κ1) is 12.9. The van der Waals surface area contributed by atoms with Gasteiger partial charge in [-0.25, -0.2) is 13.1 Å². The average molecular weight is 274 g/mol. The van der Waals surface area contributed by atoms with Crippen molar-refractivity contribution in [1.29, 1.82) is 0 Å². The zero-order valence-electron chi connectivity index (χ0n) is 9.47. The highest BCUT2D eigenvalue weighted by atomic mass is 35.5. The van der Waals surface area contributed by atoms with Crippen LogP contribution in [0.5, 0.6) is 0 Å². The molecule has 0 aromatic heterocycles. The summed E-state index contributed by atoms with van der Waals surface area (Å²) >= 11 is 6.06. The standard InChI is InChI=1S/C12H16ClNO2S/c13-12(11-6-7-11)8-14-17(15,16)9-10-4-2-1-3-5-10/h1-5,11-12,14H,6-9H2. The number of hydrogen-bond acceptors (Lipinski definition) is 2. The molecule has 1 saturated carbocycles. The van der Waals surface area contributed by atoms with E-state index in [4.69, 9.17) is 11.6 Å². The first-order chi connectivity index (χ1) is 8.07. The van der Waals surface area contributed by atoms with Gasteiger partial charge in [0, 0.05) is 11.9 Å². The smallest absolute Gasteiger partial charge is 0.213 e. The predicted molar refractivity (Wildman–Crippen MR) is 69.4 cm³/mol. The fourth-order valence-electron chi connectivity index (χ4n) is 1.68. The highest BCUT2D eigenvalue weighted by Crippen LogP contribution is 2.35. The van der Waals surface area contributed by atoms with Crippen LogP contribution in [-0.4, -0.2) is 20.3 Å². The Morgan fingerprint density at radius 2 is 1.94 bits per heavy atom. The number of benzene rings is 1. The number of sulfonamides is 1. The van der Waals surface area contributed by atoms with Crippen LogP contribution < -0.4 is 4.72 Å². The summed E-state index contributed by atoms with van der Waals surface area (Å²) in [6.45, 7) is 0.335. The molecular weight excluding hydrogens is 258 g/mol. The van der Waals surface area contributed by atoms with Crippen molar-refractivity contribution < 1.29 is 8.42 Å². The Kier molecular flexibility index (Phi) is 4.07. The van der Waals surface area contributed by atoms with Crippen LogP contribution in [0.3, 0.4) is 0 Å². The van der Waals surface area contributed by atoms with Crippen molar-refractivity contribution in [3.8, 4) is 0 Å². The Morgan fingerprint density at radius 1 is 1.29 bits per heavy atom. The maximum Gasteiger partial charge on any atom is 0.215 e. The molecule has 0 radical (unpaired) electrons. The summed E-state index contributed by atoms with van der Waals surface area (Å²) in [6.07, 6.45) is 2.24. The first-order valence-electron chi connectivity index (χ1n) is 5.72. The van der Waals surface area contributed by atoms with Crippen molar-refractivity contribution in [2.24, 2.45) is 5.92 Å². The van der Waals surface area contributed by atoms with Crippen LogP contribution >= 0.6 is 11.6 Å². The lowest BCUT2D eigenvalue weighted by Gasteiger charge is -2.10. The molecule has 0 spiro atoms. The molecule has 2 rings (SSSR count). The van der Waals surface area contributed by atoms with Crippen molar-refractivity contribution in [2.75, 3.05) is 6.54 Å². The Labute approximate surface area is 107 Å². The molecule has 3 nitrogen and oxygen atoms in total. The van der Waals surface area contributed by atoms with Gasteiger partial charge < -0.3 is 0 Å². The lowest BCUT2D eigenvalue weighted by molar-refractivity contribution is 0.575. The Hall–Kier alpha value is -0.580. The fourth-order valence-corrected chi connectivity index (χ4v) is 3.26. The summed E-state index contributed by atoms with van der Waals surface area (Å²) in [4.78, 5) is 0. The maximum atomic E-state index is 11.8. The number of halogens is 1. The van der Waals surface area contributed by atoms with Crippen molar-refractivity contribution in [3.05, 3.63) is 35.9 Å². The molecule has 17 heavy (non-hydrogen) atoms. The van der Waals surface area contributed by atoms with Gasteiger partial charge in [-0.15, -0.1) is 11.6 Å². The predicted octanol–water partition coefficient (Wildman–Crippen LogP) is 2.12. The van der Waals surface area contributed by atoms with Gasteiger partial charge >= 0.3 is 0 Å². The zero-order valence-corrected chi connectivity index (χ0v) is 11.0. The van der Waals surface area contributed by atoms with Gasteiger partial charge in [0.1, 0.15) is 0 Å². The molecule has 1 aliphatic carbocycles. The van der Waals surface area contributed by atoms with E-state index in [0.717, 1.165) is 18.4 Å². The van der Waals surface area contributed by atoms with Gasteiger partial charge in [-0.1, -0.05) is 30.3 Å². The minimum atomic E-state index is -3.27. The Balaban J connectivity index is 1.86. The summed E-state index contributed by atoms with van der Waals surface area (Å²) in [6, 6.07) is 9.14. The molecule has 1 unspecified atom stereocenters. The molecular formula is C12H16ClNO2S. The lowest BCUT2D eigenvalue weighted by atomic mass is 10.2. The van der Waals surface area contributed by atoms with Gasteiger partial charge in [0.15, 0.2) is 0 Å². The van der Waals surface area contributed by atoms with E-state index >= 15 is 0 Å². The first-order valence-corrected chi connectivity index (χ1v) is 7.81. The topological polar surface area (TPSA) is 46.2 Å². The zero-order chi connectivity index (χ0) is 12.3. The van der Waals surface area contributed by atoms with E-state index in [1.54, 1.807) is 12.1 Å². The number of alkyl halides is 1. The van der Waals surface area contributed by atoms with E-state index in [1.165, 1.54) is 0 Å². The van der Waals surface area contributed by atoms with Gasteiger partial charge in [0.2, 0.25) is 10.0 Å². The van der Waals surface area contributed by atoms with Gasteiger partial charge in [-0.2, -0.15) is 0 Å². The summed E-state index contributed by atoms with van der Waals surface area (Å²) in [7, 11) is -3.27. The highest BCUT2D eigenvalue weighted by molar-refractivity contribution is 7.88. The Morgan fingerprint density at radius 3 is 2.53 bits per heavy atom. The van der Waals surface area contributed by atoms with E-state index in [2.05, 4.69) is 4.72 Å². The van der Waals surface area contributed by atoms with Crippen molar-refractivity contribution >= 4 is 21.6 Å². The monoisotopic (exact) mass is 273 g/mol. The van der Waals surface area contributed by atoms with Crippen LogP contribution in [0.25, 0.3) is 0 Å². The quantitative estimate of drug-likeness (QED) is 0.807. The van der Waals surface area contributed by atoms with Gasteiger partial charge in [-0.05, 0) is 24.3 Å². The van der Waals surface area contributed by atoms with E-state index in [0.29, 0.717) is 12.5 Å². The van der Waals surface area contributed by atoms with E-state index in [-0.39, 0.29) is 11.1 Å². The van der Waals surface area contributed by atoms with E-state index < -0.39 is 10.0 Å². The minimum absolute atomic E-state index is 0.0160. The van der Waals surface area contributed by atoms with Crippen LogP contribution in [-0.2, 0) is 15.8 Å². The fraction of sp³-hybridized carbons (Fsp3) is 0.500. The van der Waals surface area contributed by atoms with Gasteiger partial charge in [0.05, 0.1) is 5.75 Å². The molecule has 94 valence electrons. The van der Waals surface area contributed by atoms with Crippen LogP contribution in [0.2, 0.25) is 0 Å². The largest absolute Gasteiger partial charge is 0.215 e. The second-order valence-electron chi connectivity index (χ2n) is 4.45. The summed E-state index contributed by atoms with van der Waals surface area (Å²) < 4.78 is 26.1. The SMILES string of the molecule is O=S(=O)(Cc1ccccc1)NCC(Cl)C1CC1. The van der Waals surface area contributed by atoms with Gasteiger partial charge in [0.25, 0.3) is 0 Å². The molecule has 1 atom stereocenters. The highest BCUT2D eigenvalue weighted by Gasteiger charge is 2.30. The maximum absolute atomic E-state index is 11.8. The van der Waals surface area contributed by atoms with E-state index in [1.807, 2.05) is 18.2 Å². The summed E-state index contributed by atoms with van der Waals surface area (Å²) in [5.41, 5.74) is 0.789. The Bertz CT molecular complexity index is 457.